The van der Waals surface area contributed by atoms with Crippen LogP contribution in [0.1, 0.15) is 46.0 Å². The number of aliphatic hydroxyl groups is 1. The number of carbonyl (C=O) groups excluding carboxylic acids is 1. The molecule has 1 rings (SSSR count). The molecule has 3 atom stereocenters. The standard InChI is InChI=1S/C13H26N2O2/c1-10-4-3-5-12(8-10)6-7-14-13(17)15-9-11(2)16/h10-12,16H,3-9H2,1-2H3,(H2,14,15,17)/t10-,11+,12-/m0/s1. The fourth-order valence-electron chi connectivity index (χ4n) is 2.51. The van der Waals surface area contributed by atoms with Gasteiger partial charge in [-0.05, 0) is 31.6 Å². The van der Waals surface area contributed by atoms with Crippen molar-refractivity contribution in [1.82, 2.24) is 10.6 Å². The summed E-state index contributed by atoms with van der Waals surface area (Å²) in [6, 6.07) is -0.172. The molecule has 0 aromatic carbocycles. The fourth-order valence-corrected chi connectivity index (χ4v) is 2.51. The number of aliphatic hydroxyl groups excluding tert-OH is 1. The van der Waals surface area contributed by atoms with E-state index in [1.54, 1.807) is 6.92 Å². The first-order chi connectivity index (χ1) is 8.08. The molecule has 1 saturated carbocycles. The first-order valence-corrected chi connectivity index (χ1v) is 6.77. The summed E-state index contributed by atoms with van der Waals surface area (Å²) in [6.45, 7) is 5.02. The van der Waals surface area contributed by atoms with Crippen LogP contribution in [0.2, 0.25) is 0 Å². The van der Waals surface area contributed by atoms with Crippen LogP contribution in [0.15, 0.2) is 0 Å². The van der Waals surface area contributed by atoms with Gasteiger partial charge in [0.25, 0.3) is 0 Å². The zero-order valence-electron chi connectivity index (χ0n) is 11.0. The van der Waals surface area contributed by atoms with Crippen LogP contribution >= 0.6 is 0 Å². The number of nitrogens with one attached hydrogen (secondary N) is 2. The van der Waals surface area contributed by atoms with Crippen LogP contribution in [0.3, 0.4) is 0 Å². The topological polar surface area (TPSA) is 61.4 Å². The van der Waals surface area contributed by atoms with Crippen LogP contribution in [0.5, 0.6) is 0 Å². The average molecular weight is 242 g/mol. The second-order valence-corrected chi connectivity index (χ2v) is 5.41. The van der Waals surface area contributed by atoms with E-state index in [1.165, 1.54) is 25.7 Å². The highest BCUT2D eigenvalue weighted by atomic mass is 16.3. The molecule has 1 aliphatic rings. The first kappa shape index (κ1) is 14.3. The Balaban J connectivity index is 2.04. The molecule has 4 nitrogen and oxygen atoms in total. The Hall–Kier alpha value is -0.770. The maximum atomic E-state index is 11.3. The normalized spacial score (nSPS) is 26.3. The molecule has 17 heavy (non-hydrogen) atoms. The molecule has 0 spiro atoms. The molecule has 0 saturated heterocycles. The largest absolute Gasteiger partial charge is 0.392 e. The number of hydrogen-bond donors (Lipinski definition) is 3. The Morgan fingerprint density at radius 2 is 2.18 bits per heavy atom. The second-order valence-electron chi connectivity index (χ2n) is 5.41. The highest BCUT2D eigenvalue weighted by Crippen LogP contribution is 2.30. The van der Waals surface area contributed by atoms with Crippen molar-refractivity contribution in [1.29, 1.82) is 0 Å². The van der Waals surface area contributed by atoms with Crippen LogP contribution in [0.4, 0.5) is 4.79 Å². The summed E-state index contributed by atoms with van der Waals surface area (Å²) in [5, 5.41) is 14.5. The third-order valence-electron chi connectivity index (χ3n) is 3.44. The van der Waals surface area contributed by atoms with E-state index in [0.29, 0.717) is 6.54 Å². The molecular formula is C13H26N2O2. The lowest BCUT2D eigenvalue weighted by atomic mass is 9.81. The van der Waals surface area contributed by atoms with Gasteiger partial charge in [0.15, 0.2) is 0 Å². The number of rotatable bonds is 5. The van der Waals surface area contributed by atoms with Gasteiger partial charge in [0.2, 0.25) is 0 Å². The molecule has 2 amide bonds. The molecule has 100 valence electrons. The Morgan fingerprint density at radius 1 is 1.41 bits per heavy atom. The molecule has 1 fully saturated rings. The van der Waals surface area contributed by atoms with Crippen molar-refractivity contribution in [2.45, 2.75) is 52.1 Å². The SMILES string of the molecule is C[C@H]1CCC[C@@H](CCNC(=O)NC[C@@H](C)O)C1. The monoisotopic (exact) mass is 242 g/mol. The van der Waals surface area contributed by atoms with Crippen molar-refractivity contribution in [3.8, 4) is 0 Å². The Kier molecular flexibility index (Phi) is 6.34. The maximum Gasteiger partial charge on any atom is 0.314 e. The summed E-state index contributed by atoms with van der Waals surface area (Å²) in [6.07, 6.45) is 5.89. The van der Waals surface area contributed by atoms with E-state index in [4.69, 9.17) is 5.11 Å². The summed E-state index contributed by atoms with van der Waals surface area (Å²) < 4.78 is 0. The number of carbonyl (C=O) groups is 1. The third kappa shape index (κ3) is 6.51. The molecule has 4 heteroatoms. The summed E-state index contributed by atoms with van der Waals surface area (Å²) in [7, 11) is 0. The maximum absolute atomic E-state index is 11.3. The lowest BCUT2D eigenvalue weighted by Gasteiger charge is -2.26. The molecule has 0 aliphatic heterocycles. The molecular weight excluding hydrogens is 216 g/mol. The van der Waals surface area contributed by atoms with Crippen molar-refractivity contribution < 1.29 is 9.90 Å². The van der Waals surface area contributed by atoms with Crippen LogP contribution in [-0.2, 0) is 0 Å². The Morgan fingerprint density at radius 3 is 2.82 bits per heavy atom. The van der Waals surface area contributed by atoms with Gasteiger partial charge in [0, 0.05) is 13.1 Å². The molecule has 0 aromatic rings. The Bertz CT molecular complexity index is 231. The van der Waals surface area contributed by atoms with E-state index >= 15 is 0 Å². The van der Waals surface area contributed by atoms with Crippen LogP contribution in [-0.4, -0.2) is 30.3 Å². The minimum Gasteiger partial charge on any atom is -0.392 e. The molecule has 0 radical (unpaired) electrons. The van der Waals surface area contributed by atoms with Gasteiger partial charge in [-0.15, -0.1) is 0 Å². The first-order valence-electron chi connectivity index (χ1n) is 6.77. The average Bonchev–Trinajstić information content (AvgIpc) is 2.26. The molecule has 0 aromatic heterocycles. The molecule has 0 unspecified atom stereocenters. The van der Waals surface area contributed by atoms with Crippen LogP contribution in [0.25, 0.3) is 0 Å². The predicted octanol–water partition coefficient (Wildman–Crippen LogP) is 1.88. The van der Waals surface area contributed by atoms with Crippen molar-refractivity contribution in [2.24, 2.45) is 11.8 Å². The van der Waals surface area contributed by atoms with Gasteiger partial charge in [-0.25, -0.2) is 4.79 Å². The van der Waals surface area contributed by atoms with Gasteiger partial charge in [0.05, 0.1) is 6.10 Å². The van der Waals surface area contributed by atoms with E-state index in [-0.39, 0.29) is 6.03 Å². The lowest BCUT2D eigenvalue weighted by molar-refractivity contribution is 0.187. The van der Waals surface area contributed by atoms with Gasteiger partial charge in [0.1, 0.15) is 0 Å². The van der Waals surface area contributed by atoms with E-state index < -0.39 is 6.10 Å². The fraction of sp³-hybridized carbons (Fsp3) is 0.923. The predicted molar refractivity (Wildman–Crippen MR) is 68.8 cm³/mol. The number of amides is 2. The molecule has 0 heterocycles. The minimum absolute atomic E-state index is 0.172. The number of hydrogen-bond acceptors (Lipinski definition) is 2. The van der Waals surface area contributed by atoms with E-state index in [1.807, 2.05) is 0 Å². The Labute approximate surface area is 104 Å². The molecule has 3 N–H and O–H groups in total. The lowest BCUT2D eigenvalue weighted by Crippen LogP contribution is -2.39. The summed E-state index contributed by atoms with van der Waals surface area (Å²) in [5.41, 5.74) is 0. The quantitative estimate of drug-likeness (QED) is 0.689. The van der Waals surface area contributed by atoms with Crippen molar-refractivity contribution in [2.75, 3.05) is 13.1 Å². The zero-order valence-corrected chi connectivity index (χ0v) is 11.0. The third-order valence-corrected chi connectivity index (χ3v) is 3.44. The van der Waals surface area contributed by atoms with Gasteiger partial charge in [-0.3, -0.25) is 0 Å². The minimum atomic E-state index is -0.486. The van der Waals surface area contributed by atoms with Crippen molar-refractivity contribution in [3.05, 3.63) is 0 Å². The van der Waals surface area contributed by atoms with Gasteiger partial charge < -0.3 is 15.7 Å². The molecule has 1 aliphatic carbocycles. The van der Waals surface area contributed by atoms with E-state index in [2.05, 4.69) is 17.6 Å². The summed E-state index contributed by atoms with van der Waals surface area (Å²) in [4.78, 5) is 11.3. The zero-order chi connectivity index (χ0) is 12.7. The number of urea groups is 1. The van der Waals surface area contributed by atoms with Crippen LogP contribution in [0, 0.1) is 11.8 Å². The van der Waals surface area contributed by atoms with E-state index in [9.17, 15) is 4.79 Å². The highest BCUT2D eigenvalue weighted by molar-refractivity contribution is 5.73. The van der Waals surface area contributed by atoms with Crippen LogP contribution < -0.4 is 10.6 Å². The van der Waals surface area contributed by atoms with E-state index in [0.717, 1.165) is 24.8 Å². The second kappa shape index (κ2) is 7.54. The summed E-state index contributed by atoms with van der Waals surface area (Å²) in [5.74, 6) is 1.62. The van der Waals surface area contributed by atoms with Gasteiger partial charge in [-0.2, -0.15) is 0 Å². The van der Waals surface area contributed by atoms with Crippen molar-refractivity contribution in [3.63, 3.8) is 0 Å². The van der Waals surface area contributed by atoms with Crippen molar-refractivity contribution >= 4 is 6.03 Å². The van der Waals surface area contributed by atoms with Gasteiger partial charge in [-0.1, -0.05) is 26.2 Å². The van der Waals surface area contributed by atoms with Gasteiger partial charge >= 0.3 is 6.03 Å². The summed E-state index contributed by atoms with van der Waals surface area (Å²) >= 11 is 0. The molecule has 0 bridgehead atoms. The smallest absolute Gasteiger partial charge is 0.314 e. The highest BCUT2D eigenvalue weighted by Gasteiger charge is 2.18.